The predicted molar refractivity (Wildman–Crippen MR) is 63.1 cm³/mol. The van der Waals surface area contributed by atoms with E-state index < -0.39 is 17.2 Å². The molecule has 1 nitrogen and oxygen atoms in total. The summed E-state index contributed by atoms with van der Waals surface area (Å²) in [4.78, 5) is 0. The summed E-state index contributed by atoms with van der Waals surface area (Å²) < 4.78 is 27.6. The molecule has 0 aliphatic carbocycles. The number of rotatable bonds is 3. The molecule has 0 spiro atoms. The second-order valence-electron chi connectivity index (χ2n) is 4.18. The van der Waals surface area contributed by atoms with Crippen molar-refractivity contribution in [2.75, 3.05) is 0 Å². The molecule has 1 N–H and O–H groups in total. The van der Waals surface area contributed by atoms with Crippen molar-refractivity contribution >= 4 is 15.9 Å². The standard InChI is InChI=1S/C12H15BrF2O/c1-4-7(2)12(3,16)10-9(14)6-5-8(13)11(10)15/h5-7,16H,4H2,1-3H3. The van der Waals surface area contributed by atoms with E-state index in [1.165, 1.54) is 13.0 Å². The second-order valence-corrected chi connectivity index (χ2v) is 5.03. The largest absolute Gasteiger partial charge is 0.385 e. The summed E-state index contributed by atoms with van der Waals surface area (Å²) in [5.74, 6) is -1.68. The topological polar surface area (TPSA) is 20.2 Å². The van der Waals surface area contributed by atoms with Crippen molar-refractivity contribution in [3.8, 4) is 0 Å². The average molecular weight is 293 g/mol. The predicted octanol–water partition coefficient (Wildman–Crippen LogP) is 3.98. The minimum absolute atomic E-state index is 0.160. The third-order valence-corrected chi connectivity index (χ3v) is 3.73. The van der Waals surface area contributed by atoms with Gasteiger partial charge < -0.3 is 5.11 Å². The molecule has 0 amide bonds. The van der Waals surface area contributed by atoms with Crippen LogP contribution in [0.1, 0.15) is 32.8 Å². The Hall–Kier alpha value is -0.480. The molecule has 2 unspecified atom stereocenters. The highest BCUT2D eigenvalue weighted by atomic mass is 79.9. The van der Waals surface area contributed by atoms with Gasteiger partial charge in [-0.2, -0.15) is 0 Å². The third-order valence-electron chi connectivity index (χ3n) is 3.12. The zero-order chi connectivity index (χ0) is 12.5. The Bertz CT molecular complexity index is 391. The minimum atomic E-state index is -1.51. The fraction of sp³-hybridized carbons (Fsp3) is 0.500. The van der Waals surface area contributed by atoms with Gasteiger partial charge in [0, 0.05) is 0 Å². The first-order valence-corrected chi connectivity index (χ1v) is 5.98. The monoisotopic (exact) mass is 292 g/mol. The number of hydrogen-bond donors (Lipinski definition) is 1. The Morgan fingerprint density at radius 2 is 2.00 bits per heavy atom. The molecule has 0 aliphatic heterocycles. The lowest BCUT2D eigenvalue weighted by Gasteiger charge is -2.31. The fourth-order valence-corrected chi connectivity index (χ4v) is 1.97. The van der Waals surface area contributed by atoms with Gasteiger partial charge in [0.1, 0.15) is 11.6 Å². The molecule has 4 heteroatoms. The molecule has 16 heavy (non-hydrogen) atoms. The van der Waals surface area contributed by atoms with E-state index >= 15 is 0 Å². The van der Waals surface area contributed by atoms with Gasteiger partial charge in [0.25, 0.3) is 0 Å². The van der Waals surface area contributed by atoms with Crippen molar-refractivity contribution in [2.45, 2.75) is 32.8 Å². The summed E-state index contributed by atoms with van der Waals surface area (Å²) in [6, 6.07) is 2.44. The molecule has 0 aromatic heterocycles. The normalized spacial score (nSPS) is 16.9. The summed E-state index contributed by atoms with van der Waals surface area (Å²) in [5, 5.41) is 10.2. The third kappa shape index (κ3) is 2.28. The Kier molecular flexibility index (Phi) is 4.07. The number of hydrogen-bond acceptors (Lipinski definition) is 1. The van der Waals surface area contributed by atoms with Crippen molar-refractivity contribution < 1.29 is 13.9 Å². The van der Waals surface area contributed by atoms with E-state index in [0.717, 1.165) is 6.07 Å². The Labute approximate surface area is 103 Å². The van der Waals surface area contributed by atoms with Crippen LogP contribution in [-0.4, -0.2) is 5.11 Å². The summed E-state index contributed by atoms with van der Waals surface area (Å²) in [7, 11) is 0. The zero-order valence-corrected chi connectivity index (χ0v) is 11.1. The minimum Gasteiger partial charge on any atom is -0.385 e. The quantitative estimate of drug-likeness (QED) is 0.836. The Morgan fingerprint density at radius 3 is 2.50 bits per heavy atom. The fourth-order valence-electron chi connectivity index (χ4n) is 1.63. The zero-order valence-electron chi connectivity index (χ0n) is 9.52. The van der Waals surface area contributed by atoms with Gasteiger partial charge in [0.2, 0.25) is 0 Å². The van der Waals surface area contributed by atoms with Crippen LogP contribution in [-0.2, 0) is 5.60 Å². The van der Waals surface area contributed by atoms with E-state index in [1.54, 1.807) is 6.92 Å². The number of benzene rings is 1. The molecule has 0 radical (unpaired) electrons. The molecular weight excluding hydrogens is 278 g/mol. The first-order chi connectivity index (χ1) is 7.32. The van der Waals surface area contributed by atoms with Crippen molar-refractivity contribution in [2.24, 2.45) is 5.92 Å². The van der Waals surface area contributed by atoms with Crippen LogP contribution in [0.25, 0.3) is 0 Å². The molecule has 0 saturated heterocycles. The van der Waals surface area contributed by atoms with Gasteiger partial charge in [0.05, 0.1) is 15.6 Å². The van der Waals surface area contributed by atoms with Gasteiger partial charge in [0.15, 0.2) is 0 Å². The highest BCUT2D eigenvalue weighted by molar-refractivity contribution is 9.10. The van der Waals surface area contributed by atoms with Gasteiger partial charge in [-0.3, -0.25) is 0 Å². The molecule has 0 bridgehead atoms. The molecule has 0 heterocycles. The van der Waals surface area contributed by atoms with E-state index in [9.17, 15) is 13.9 Å². The number of aliphatic hydroxyl groups is 1. The van der Waals surface area contributed by atoms with Crippen molar-refractivity contribution in [3.63, 3.8) is 0 Å². The molecule has 1 aromatic rings. The van der Waals surface area contributed by atoms with Gasteiger partial charge in [-0.05, 0) is 40.9 Å². The second kappa shape index (κ2) is 4.80. The maximum Gasteiger partial charge on any atom is 0.146 e. The van der Waals surface area contributed by atoms with Gasteiger partial charge >= 0.3 is 0 Å². The Balaban J connectivity index is 3.37. The average Bonchev–Trinajstić information content (AvgIpc) is 2.22. The summed E-state index contributed by atoms with van der Waals surface area (Å²) >= 11 is 2.99. The Morgan fingerprint density at radius 1 is 1.44 bits per heavy atom. The first-order valence-electron chi connectivity index (χ1n) is 5.18. The lowest BCUT2D eigenvalue weighted by Crippen LogP contribution is -2.32. The van der Waals surface area contributed by atoms with Gasteiger partial charge in [-0.25, -0.2) is 8.78 Å². The SMILES string of the molecule is CCC(C)C(C)(O)c1c(F)ccc(Br)c1F. The molecule has 90 valence electrons. The molecule has 0 fully saturated rings. The van der Waals surface area contributed by atoms with Crippen LogP contribution >= 0.6 is 15.9 Å². The van der Waals surface area contributed by atoms with Crippen molar-refractivity contribution in [3.05, 3.63) is 33.8 Å². The molecule has 0 aliphatic rings. The van der Waals surface area contributed by atoms with E-state index in [4.69, 9.17) is 0 Å². The van der Waals surface area contributed by atoms with Crippen LogP contribution in [0.15, 0.2) is 16.6 Å². The van der Waals surface area contributed by atoms with Crippen LogP contribution in [0, 0.1) is 17.6 Å². The van der Waals surface area contributed by atoms with Crippen molar-refractivity contribution in [1.82, 2.24) is 0 Å². The summed E-state index contributed by atoms with van der Waals surface area (Å²) in [5.41, 5.74) is -1.77. The lowest BCUT2D eigenvalue weighted by atomic mass is 9.82. The van der Waals surface area contributed by atoms with E-state index in [-0.39, 0.29) is 16.0 Å². The maximum absolute atomic E-state index is 13.8. The first kappa shape index (κ1) is 13.6. The van der Waals surface area contributed by atoms with Crippen molar-refractivity contribution in [1.29, 1.82) is 0 Å². The molecular formula is C12H15BrF2O. The maximum atomic E-state index is 13.8. The molecule has 2 atom stereocenters. The van der Waals surface area contributed by atoms with Crippen LogP contribution in [0.3, 0.4) is 0 Å². The highest BCUT2D eigenvalue weighted by Crippen LogP contribution is 2.36. The molecule has 1 rings (SSSR count). The molecule has 0 saturated carbocycles. The van der Waals surface area contributed by atoms with Crippen LogP contribution in [0.5, 0.6) is 0 Å². The smallest absolute Gasteiger partial charge is 0.146 e. The van der Waals surface area contributed by atoms with Crippen LogP contribution in [0.4, 0.5) is 8.78 Å². The summed E-state index contributed by atoms with van der Waals surface area (Å²) in [6.45, 7) is 5.07. The molecule has 1 aromatic carbocycles. The lowest BCUT2D eigenvalue weighted by molar-refractivity contribution is -0.00659. The summed E-state index contributed by atoms with van der Waals surface area (Å²) in [6.07, 6.45) is 0.637. The van der Waals surface area contributed by atoms with E-state index in [0.29, 0.717) is 6.42 Å². The highest BCUT2D eigenvalue weighted by Gasteiger charge is 2.35. The van der Waals surface area contributed by atoms with Gasteiger partial charge in [-0.15, -0.1) is 0 Å². The number of halogens is 3. The van der Waals surface area contributed by atoms with E-state index in [1.807, 2.05) is 6.92 Å². The van der Waals surface area contributed by atoms with Gasteiger partial charge in [-0.1, -0.05) is 20.3 Å². The van der Waals surface area contributed by atoms with E-state index in [2.05, 4.69) is 15.9 Å². The van der Waals surface area contributed by atoms with Crippen LogP contribution in [0.2, 0.25) is 0 Å². The van der Waals surface area contributed by atoms with Crippen LogP contribution < -0.4 is 0 Å².